The van der Waals surface area contributed by atoms with E-state index in [-0.39, 0.29) is 5.70 Å². The highest BCUT2D eigenvalue weighted by Gasteiger charge is 2.01. The zero-order valence-corrected chi connectivity index (χ0v) is 8.06. The summed E-state index contributed by atoms with van der Waals surface area (Å²) in [5.74, 6) is 0.737. The molecule has 0 radical (unpaired) electrons. The van der Waals surface area contributed by atoms with Crippen LogP contribution in [-0.4, -0.2) is 12.0 Å². The summed E-state index contributed by atoms with van der Waals surface area (Å²) < 4.78 is 4.97. The first-order chi connectivity index (χ1) is 6.63. The monoisotopic (exact) mass is 193 g/mol. The van der Waals surface area contributed by atoms with Gasteiger partial charge in [0.25, 0.3) is 0 Å². The number of methoxy groups -OCH3 is 1. The largest absolute Gasteiger partial charge is 0.497 e. The molecule has 4 nitrogen and oxygen atoms in total. The Morgan fingerprint density at radius 2 is 2.00 bits per heavy atom. The van der Waals surface area contributed by atoms with Crippen LogP contribution in [0.15, 0.2) is 30.0 Å². The summed E-state index contributed by atoms with van der Waals surface area (Å²) in [6.07, 6.45) is 1.51. The van der Waals surface area contributed by atoms with Crippen LogP contribution in [0.2, 0.25) is 0 Å². The average molecular weight is 193 g/mol. The van der Waals surface area contributed by atoms with Crippen LogP contribution in [0.5, 0.6) is 5.75 Å². The van der Waals surface area contributed by atoms with Gasteiger partial charge in [0.15, 0.2) is 0 Å². The van der Waals surface area contributed by atoms with Gasteiger partial charge in [0, 0.05) is 13.0 Å². The second kappa shape index (κ2) is 4.41. The van der Waals surface area contributed by atoms with Crippen molar-refractivity contribution in [3.8, 4) is 5.75 Å². The highest BCUT2D eigenvalue weighted by Crippen LogP contribution is 2.13. The van der Waals surface area contributed by atoms with Crippen LogP contribution in [0.3, 0.4) is 0 Å². The van der Waals surface area contributed by atoms with Crippen molar-refractivity contribution < 1.29 is 9.66 Å². The summed E-state index contributed by atoms with van der Waals surface area (Å²) >= 11 is 0. The van der Waals surface area contributed by atoms with Crippen molar-refractivity contribution in [1.29, 1.82) is 0 Å². The Morgan fingerprint density at radius 1 is 1.43 bits per heavy atom. The second-order valence-electron chi connectivity index (χ2n) is 2.82. The maximum atomic E-state index is 10.3. The van der Waals surface area contributed by atoms with Crippen molar-refractivity contribution in [1.82, 2.24) is 0 Å². The molecule has 0 fully saturated rings. The van der Waals surface area contributed by atoms with E-state index < -0.39 is 4.92 Å². The van der Waals surface area contributed by atoms with Gasteiger partial charge < -0.3 is 4.74 Å². The fourth-order valence-corrected chi connectivity index (χ4v) is 0.994. The molecule has 74 valence electrons. The van der Waals surface area contributed by atoms with Crippen LogP contribution in [0.25, 0.3) is 6.08 Å². The van der Waals surface area contributed by atoms with Crippen molar-refractivity contribution in [3.63, 3.8) is 0 Å². The van der Waals surface area contributed by atoms with E-state index in [0.717, 1.165) is 11.3 Å². The standard InChI is InChI=1S/C10H11NO3/c1-8(11(12)13)7-9-3-5-10(14-2)6-4-9/h3-7H,1-2H3/b8-7-. The Kier molecular flexibility index (Phi) is 3.23. The van der Waals surface area contributed by atoms with E-state index in [1.807, 2.05) is 0 Å². The smallest absolute Gasteiger partial charge is 0.243 e. The van der Waals surface area contributed by atoms with Crippen LogP contribution in [-0.2, 0) is 0 Å². The molecule has 0 aliphatic carbocycles. The third-order valence-electron chi connectivity index (χ3n) is 1.78. The molecule has 1 rings (SSSR count). The van der Waals surface area contributed by atoms with Gasteiger partial charge in [0.05, 0.1) is 12.0 Å². The normalized spacial score (nSPS) is 11.1. The van der Waals surface area contributed by atoms with E-state index in [9.17, 15) is 10.1 Å². The van der Waals surface area contributed by atoms with Crippen LogP contribution < -0.4 is 4.74 Å². The molecular weight excluding hydrogens is 182 g/mol. The molecule has 1 aromatic rings. The topological polar surface area (TPSA) is 52.4 Å². The molecule has 0 aliphatic rings. The Hall–Kier alpha value is -1.84. The van der Waals surface area contributed by atoms with Crippen LogP contribution in [0, 0.1) is 10.1 Å². The third-order valence-corrected chi connectivity index (χ3v) is 1.78. The van der Waals surface area contributed by atoms with E-state index in [2.05, 4.69) is 0 Å². The van der Waals surface area contributed by atoms with Crippen LogP contribution in [0.4, 0.5) is 0 Å². The van der Waals surface area contributed by atoms with E-state index in [0.29, 0.717) is 0 Å². The number of rotatable bonds is 3. The maximum Gasteiger partial charge on any atom is 0.243 e. The van der Waals surface area contributed by atoms with Crippen molar-refractivity contribution >= 4 is 6.08 Å². The molecule has 0 spiro atoms. The molecule has 0 aliphatic heterocycles. The maximum absolute atomic E-state index is 10.3. The Labute approximate surface area is 82.0 Å². The second-order valence-corrected chi connectivity index (χ2v) is 2.82. The van der Waals surface area contributed by atoms with Gasteiger partial charge in [0.1, 0.15) is 5.75 Å². The van der Waals surface area contributed by atoms with Crippen molar-refractivity contribution in [2.24, 2.45) is 0 Å². The van der Waals surface area contributed by atoms with Crippen LogP contribution in [0.1, 0.15) is 12.5 Å². The lowest BCUT2D eigenvalue weighted by Crippen LogP contribution is -1.92. The predicted octanol–water partition coefficient (Wildman–Crippen LogP) is 2.33. The molecular formula is C10H11NO3. The summed E-state index contributed by atoms with van der Waals surface area (Å²) in [7, 11) is 1.58. The van der Waals surface area contributed by atoms with Gasteiger partial charge in [-0.15, -0.1) is 0 Å². The number of allylic oxidation sites excluding steroid dienone is 1. The third kappa shape index (κ3) is 2.58. The zero-order valence-electron chi connectivity index (χ0n) is 8.06. The Balaban J connectivity index is 2.88. The quantitative estimate of drug-likeness (QED) is 0.546. The molecule has 0 unspecified atom stereocenters. The molecule has 0 saturated heterocycles. The number of benzene rings is 1. The van der Waals surface area contributed by atoms with Gasteiger partial charge in [-0.2, -0.15) is 0 Å². The molecule has 0 bridgehead atoms. The fourth-order valence-electron chi connectivity index (χ4n) is 0.994. The molecule has 0 amide bonds. The summed E-state index contributed by atoms with van der Waals surface area (Å²) in [4.78, 5) is 9.93. The molecule has 1 aromatic carbocycles. The van der Waals surface area contributed by atoms with Crippen molar-refractivity contribution in [2.75, 3.05) is 7.11 Å². The minimum absolute atomic E-state index is 0.121. The van der Waals surface area contributed by atoms with Gasteiger partial charge >= 0.3 is 0 Å². The summed E-state index contributed by atoms with van der Waals surface area (Å²) in [5.41, 5.74) is 0.912. The zero-order chi connectivity index (χ0) is 10.6. The fraction of sp³-hybridized carbons (Fsp3) is 0.200. The van der Waals surface area contributed by atoms with E-state index in [4.69, 9.17) is 4.74 Å². The van der Waals surface area contributed by atoms with Crippen molar-refractivity contribution in [2.45, 2.75) is 6.92 Å². The van der Waals surface area contributed by atoms with E-state index in [1.54, 1.807) is 31.4 Å². The lowest BCUT2D eigenvalue weighted by molar-refractivity contribution is -0.422. The summed E-state index contributed by atoms with van der Waals surface area (Å²) in [6.45, 7) is 1.46. The van der Waals surface area contributed by atoms with Gasteiger partial charge in [-0.1, -0.05) is 12.1 Å². The Bertz CT molecular complexity index is 354. The highest BCUT2D eigenvalue weighted by molar-refractivity contribution is 5.51. The van der Waals surface area contributed by atoms with Gasteiger partial charge in [-0.3, -0.25) is 10.1 Å². The number of hydrogen-bond donors (Lipinski definition) is 0. The Morgan fingerprint density at radius 3 is 2.43 bits per heavy atom. The summed E-state index contributed by atoms with van der Waals surface area (Å²) in [6, 6.07) is 7.07. The summed E-state index contributed by atoms with van der Waals surface area (Å²) in [5, 5.41) is 10.3. The first kappa shape index (κ1) is 10.2. The molecule has 0 atom stereocenters. The minimum Gasteiger partial charge on any atom is -0.497 e. The van der Waals surface area contributed by atoms with Gasteiger partial charge in [-0.05, 0) is 17.7 Å². The van der Waals surface area contributed by atoms with E-state index in [1.165, 1.54) is 13.0 Å². The predicted molar refractivity (Wildman–Crippen MR) is 53.6 cm³/mol. The van der Waals surface area contributed by atoms with Crippen LogP contribution >= 0.6 is 0 Å². The average Bonchev–Trinajstić information content (AvgIpc) is 2.19. The molecule has 0 saturated carbocycles. The first-order valence-electron chi connectivity index (χ1n) is 4.10. The SMILES string of the molecule is COc1ccc(/C=C(/C)[N+](=O)[O-])cc1. The number of nitro groups is 1. The number of nitrogens with zero attached hydrogens (tertiary/aromatic N) is 1. The minimum atomic E-state index is -0.412. The highest BCUT2D eigenvalue weighted by atomic mass is 16.6. The first-order valence-corrected chi connectivity index (χ1v) is 4.10. The van der Waals surface area contributed by atoms with Gasteiger partial charge in [-0.25, -0.2) is 0 Å². The molecule has 0 heterocycles. The van der Waals surface area contributed by atoms with Gasteiger partial charge in [0.2, 0.25) is 5.70 Å². The molecule has 0 N–H and O–H groups in total. The molecule has 0 aromatic heterocycles. The molecule has 4 heteroatoms. The number of ether oxygens (including phenoxy) is 1. The lowest BCUT2D eigenvalue weighted by Gasteiger charge is -1.98. The molecule has 14 heavy (non-hydrogen) atoms. The lowest BCUT2D eigenvalue weighted by atomic mass is 10.2. The van der Waals surface area contributed by atoms with E-state index >= 15 is 0 Å². The number of hydrogen-bond acceptors (Lipinski definition) is 3. The van der Waals surface area contributed by atoms with Crippen molar-refractivity contribution in [3.05, 3.63) is 45.6 Å².